The minimum atomic E-state index is -3.75. The predicted octanol–water partition coefficient (Wildman–Crippen LogP) is 2.44. The van der Waals surface area contributed by atoms with Crippen LogP contribution in [-0.4, -0.2) is 30.4 Å². The van der Waals surface area contributed by atoms with Gasteiger partial charge in [-0.3, -0.25) is 14.5 Å². The number of carboxylic acids is 1. The molecule has 1 unspecified atom stereocenters. The highest BCUT2D eigenvalue weighted by molar-refractivity contribution is 7.92. The van der Waals surface area contributed by atoms with Crippen molar-refractivity contribution < 1.29 is 23.1 Å². The van der Waals surface area contributed by atoms with Crippen LogP contribution in [-0.2, 0) is 14.8 Å². The summed E-state index contributed by atoms with van der Waals surface area (Å²) >= 11 is 0. The first-order valence-electron chi connectivity index (χ1n) is 8.48. The van der Waals surface area contributed by atoms with Crippen molar-refractivity contribution in [2.45, 2.75) is 10.9 Å². The third-order valence-corrected chi connectivity index (χ3v) is 5.39. The second-order valence-electron chi connectivity index (χ2n) is 6.03. The summed E-state index contributed by atoms with van der Waals surface area (Å²) in [6.45, 7) is 0. The van der Waals surface area contributed by atoms with Gasteiger partial charge in [-0.15, -0.1) is 0 Å². The van der Waals surface area contributed by atoms with Crippen LogP contribution in [0.15, 0.2) is 84.0 Å². The van der Waals surface area contributed by atoms with Gasteiger partial charge < -0.3 is 10.4 Å². The molecule has 0 bridgehead atoms. The number of nitrogens with zero attached hydrogens (tertiary/aromatic N) is 1. The number of carbonyl (C=O) groups is 2. The molecule has 0 spiro atoms. The monoisotopic (exact) mass is 411 g/mol. The van der Waals surface area contributed by atoms with E-state index in [1.165, 1.54) is 48.8 Å². The SMILES string of the molecule is O=C(NC(C(=O)O)c1cccnc1)c1ccc(NS(=O)(=O)c2ccccc2)cc1. The van der Waals surface area contributed by atoms with E-state index in [4.69, 9.17) is 0 Å². The number of hydrogen-bond donors (Lipinski definition) is 3. The summed E-state index contributed by atoms with van der Waals surface area (Å²) in [6, 6.07) is 15.4. The van der Waals surface area contributed by atoms with Crippen molar-refractivity contribution in [2.24, 2.45) is 0 Å². The average molecular weight is 411 g/mol. The average Bonchev–Trinajstić information content (AvgIpc) is 2.73. The number of rotatable bonds is 7. The molecule has 3 aromatic rings. The van der Waals surface area contributed by atoms with Crippen molar-refractivity contribution in [3.63, 3.8) is 0 Å². The fourth-order valence-electron chi connectivity index (χ4n) is 2.55. The summed E-state index contributed by atoms with van der Waals surface area (Å²) in [6.07, 6.45) is 2.86. The number of amides is 1. The smallest absolute Gasteiger partial charge is 0.330 e. The molecule has 148 valence electrons. The van der Waals surface area contributed by atoms with Crippen LogP contribution in [0.5, 0.6) is 0 Å². The quantitative estimate of drug-likeness (QED) is 0.548. The Morgan fingerprint density at radius 1 is 0.931 bits per heavy atom. The number of pyridine rings is 1. The van der Waals surface area contributed by atoms with Gasteiger partial charge in [-0.05, 0) is 42.5 Å². The number of benzene rings is 2. The van der Waals surface area contributed by atoms with E-state index in [0.717, 1.165) is 0 Å². The van der Waals surface area contributed by atoms with E-state index in [1.807, 2.05) is 0 Å². The van der Waals surface area contributed by atoms with Gasteiger partial charge in [0.1, 0.15) is 0 Å². The fraction of sp³-hybridized carbons (Fsp3) is 0.0500. The normalized spacial score (nSPS) is 12.0. The first-order chi connectivity index (χ1) is 13.9. The number of carboxylic acid groups (broad SMARTS) is 1. The highest BCUT2D eigenvalue weighted by Gasteiger charge is 2.23. The second-order valence-corrected chi connectivity index (χ2v) is 7.71. The van der Waals surface area contributed by atoms with E-state index < -0.39 is 27.9 Å². The largest absolute Gasteiger partial charge is 0.479 e. The number of carbonyl (C=O) groups excluding carboxylic acids is 1. The Labute approximate surface area is 167 Å². The number of anilines is 1. The van der Waals surface area contributed by atoms with Crippen LogP contribution in [0.1, 0.15) is 22.0 Å². The zero-order valence-electron chi connectivity index (χ0n) is 15.0. The second kappa shape index (κ2) is 8.53. The highest BCUT2D eigenvalue weighted by Crippen LogP contribution is 2.17. The Bertz CT molecular complexity index is 1100. The predicted molar refractivity (Wildman–Crippen MR) is 106 cm³/mol. The van der Waals surface area contributed by atoms with Crippen LogP contribution < -0.4 is 10.0 Å². The van der Waals surface area contributed by atoms with Crippen LogP contribution >= 0.6 is 0 Å². The van der Waals surface area contributed by atoms with Gasteiger partial charge in [-0.1, -0.05) is 24.3 Å². The summed E-state index contributed by atoms with van der Waals surface area (Å²) < 4.78 is 27.1. The molecule has 1 aromatic heterocycles. The lowest BCUT2D eigenvalue weighted by Crippen LogP contribution is -2.33. The number of hydrogen-bond acceptors (Lipinski definition) is 5. The number of nitrogens with one attached hydrogen (secondary N) is 2. The summed E-state index contributed by atoms with van der Waals surface area (Å²) in [5.41, 5.74) is 0.788. The van der Waals surface area contributed by atoms with Gasteiger partial charge in [0.05, 0.1) is 4.90 Å². The van der Waals surface area contributed by atoms with Gasteiger partial charge in [0.2, 0.25) is 0 Å². The van der Waals surface area contributed by atoms with E-state index in [9.17, 15) is 23.1 Å². The Balaban J connectivity index is 1.72. The minimum Gasteiger partial charge on any atom is -0.479 e. The molecule has 0 saturated carbocycles. The minimum absolute atomic E-state index is 0.114. The molecule has 0 aliphatic heterocycles. The standard InChI is InChI=1S/C20H17N3O5S/c24-19(22-18(20(25)26)15-5-4-12-21-13-15)14-8-10-16(11-9-14)23-29(27,28)17-6-2-1-3-7-17/h1-13,18,23H,(H,22,24)(H,25,26). The molecule has 1 heterocycles. The van der Waals surface area contributed by atoms with Crippen molar-refractivity contribution in [2.75, 3.05) is 4.72 Å². The van der Waals surface area contributed by atoms with Gasteiger partial charge in [-0.25, -0.2) is 13.2 Å². The molecule has 0 aliphatic rings. The molecule has 3 rings (SSSR count). The van der Waals surface area contributed by atoms with E-state index >= 15 is 0 Å². The van der Waals surface area contributed by atoms with E-state index in [0.29, 0.717) is 5.56 Å². The van der Waals surface area contributed by atoms with E-state index in [2.05, 4.69) is 15.0 Å². The number of aromatic nitrogens is 1. The maximum Gasteiger partial charge on any atom is 0.330 e. The summed E-state index contributed by atoms with van der Waals surface area (Å²) in [4.78, 5) is 27.9. The lowest BCUT2D eigenvalue weighted by Gasteiger charge is -2.15. The van der Waals surface area contributed by atoms with Gasteiger partial charge >= 0.3 is 5.97 Å². The topological polar surface area (TPSA) is 125 Å². The lowest BCUT2D eigenvalue weighted by molar-refractivity contribution is -0.139. The Morgan fingerprint density at radius 3 is 2.21 bits per heavy atom. The molecule has 29 heavy (non-hydrogen) atoms. The van der Waals surface area contributed by atoms with Crippen molar-refractivity contribution in [1.29, 1.82) is 0 Å². The lowest BCUT2D eigenvalue weighted by atomic mass is 10.1. The summed E-state index contributed by atoms with van der Waals surface area (Å²) in [5.74, 6) is -1.84. The zero-order chi connectivity index (χ0) is 20.9. The Kier molecular flexibility index (Phi) is 5.89. The van der Waals surface area contributed by atoms with Crippen LogP contribution in [0.2, 0.25) is 0 Å². The van der Waals surface area contributed by atoms with Crippen LogP contribution in [0.25, 0.3) is 0 Å². The van der Waals surface area contributed by atoms with E-state index in [-0.39, 0.29) is 16.1 Å². The van der Waals surface area contributed by atoms with Crippen molar-refractivity contribution in [3.8, 4) is 0 Å². The third-order valence-electron chi connectivity index (χ3n) is 3.99. The van der Waals surface area contributed by atoms with Gasteiger partial charge in [0.25, 0.3) is 15.9 Å². The van der Waals surface area contributed by atoms with E-state index in [1.54, 1.807) is 30.3 Å². The molecule has 0 fully saturated rings. The molecule has 9 heteroatoms. The first-order valence-corrected chi connectivity index (χ1v) is 9.97. The third kappa shape index (κ3) is 4.96. The molecule has 0 aliphatic carbocycles. The Hall–Kier alpha value is -3.72. The maximum absolute atomic E-state index is 12.4. The van der Waals surface area contributed by atoms with Crippen LogP contribution in [0, 0.1) is 0 Å². The maximum atomic E-state index is 12.4. The molecule has 0 radical (unpaired) electrons. The molecule has 1 atom stereocenters. The molecule has 1 amide bonds. The molecular weight excluding hydrogens is 394 g/mol. The molecular formula is C20H17N3O5S. The fourth-order valence-corrected chi connectivity index (χ4v) is 3.63. The molecule has 2 aromatic carbocycles. The highest BCUT2D eigenvalue weighted by atomic mass is 32.2. The molecule has 0 saturated heterocycles. The van der Waals surface area contributed by atoms with Crippen LogP contribution in [0.3, 0.4) is 0 Å². The summed E-state index contributed by atoms with van der Waals surface area (Å²) in [5, 5.41) is 11.8. The van der Waals surface area contributed by atoms with Crippen molar-refractivity contribution in [1.82, 2.24) is 10.3 Å². The first kappa shape index (κ1) is 20.0. The van der Waals surface area contributed by atoms with Crippen molar-refractivity contribution >= 4 is 27.6 Å². The van der Waals surface area contributed by atoms with Gasteiger partial charge in [0, 0.05) is 29.2 Å². The van der Waals surface area contributed by atoms with Gasteiger partial charge in [-0.2, -0.15) is 0 Å². The molecule has 3 N–H and O–H groups in total. The zero-order valence-corrected chi connectivity index (χ0v) is 15.8. The Morgan fingerprint density at radius 2 is 1.62 bits per heavy atom. The number of aliphatic carboxylic acids is 1. The summed E-state index contributed by atoms with van der Waals surface area (Å²) in [7, 11) is -3.75. The van der Waals surface area contributed by atoms with Crippen LogP contribution in [0.4, 0.5) is 5.69 Å². The van der Waals surface area contributed by atoms with Crippen molar-refractivity contribution in [3.05, 3.63) is 90.3 Å². The molecule has 8 nitrogen and oxygen atoms in total. The number of sulfonamides is 1. The van der Waals surface area contributed by atoms with Gasteiger partial charge in [0.15, 0.2) is 6.04 Å².